The van der Waals surface area contributed by atoms with Crippen molar-refractivity contribution in [3.05, 3.63) is 28.5 Å². The minimum absolute atomic E-state index is 0.333. The summed E-state index contributed by atoms with van der Waals surface area (Å²) < 4.78 is 5.57. The van der Waals surface area contributed by atoms with Crippen LogP contribution in [0.3, 0.4) is 0 Å². The maximum Gasteiger partial charge on any atom is 0.313 e. The predicted molar refractivity (Wildman–Crippen MR) is 64.7 cm³/mol. The Bertz CT molecular complexity index is 393. The van der Waals surface area contributed by atoms with E-state index in [0.717, 1.165) is 10.0 Å². The first-order valence-electron chi connectivity index (χ1n) is 4.84. The highest BCUT2D eigenvalue weighted by Crippen LogP contribution is 2.32. The molecular formula is C11H15BrN2O2. The molecule has 0 fully saturated rings. The summed E-state index contributed by atoms with van der Waals surface area (Å²) in [6, 6.07) is 1.40. The summed E-state index contributed by atoms with van der Waals surface area (Å²) in [5, 5.41) is 0. The lowest BCUT2D eigenvalue weighted by molar-refractivity contribution is -0.152. The van der Waals surface area contributed by atoms with Crippen molar-refractivity contribution in [2.24, 2.45) is 11.1 Å². The van der Waals surface area contributed by atoms with Crippen molar-refractivity contribution in [3.63, 3.8) is 0 Å². The number of methoxy groups -OCH3 is 1. The highest BCUT2D eigenvalue weighted by molar-refractivity contribution is 9.10. The fourth-order valence-electron chi connectivity index (χ4n) is 1.41. The average Bonchev–Trinajstić information content (AvgIpc) is 2.26. The van der Waals surface area contributed by atoms with Gasteiger partial charge in [-0.2, -0.15) is 0 Å². The Morgan fingerprint density at radius 3 is 2.69 bits per heavy atom. The maximum atomic E-state index is 11.6. The molecule has 0 aromatic carbocycles. The molecule has 0 saturated heterocycles. The molecule has 5 heteroatoms. The molecule has 0 aliphatic rings. The molecule has 0 bridgehead atoms. The molecule has 0 saturated carbocycles. The Hall–Kier alpha value is -0.940. The van der Waals surface area contributed by atoms with E-state index in [9.17, 15) is 4.79 Å². The van der Waals surface area contributed by atoms with Crippen LogP contribution < -0.4 is 5.73 Å². The Labute approximate surface area is 103 Å². The molecule has 1 heterocycles. The average molecular weight is 287 g/mol. The van der Waals surface area contributed by atoms with Gasteiger partial charge in [-0.05, 0) is 41.4 Å². The van der Waals surface area contributed by atoms with Gasteiger partial charge in [0, 0.05) is 22.9 Å². The van der Waals surface area contributed by atoms with Crippen molar-refractivity contribution in [3.8, 4) is 0 Å². The maximum absolute atomic E-state index is 11.6. The standard InChI is InChI=1S/C11H15BrN2O2/c1-11(2,10(15)16-3)9(13)7-4-8(12)6-14-5-7/h4-6,9H,13H2,1-3H3/t9-/m0/s1. The number of nitrogens with two attached hydrogens (primary N) is 1. The van der Waals surface area contributed by atoms with Crippen LogP contribution in [0.25, 0.3) is 0 Å². The second-order valence-electron chi connectivity index (χ2n) is 4.13. The number of ether oxygens (including phenoxy) is 1. The molecule has 0 spiro atoms. The van der Waals surface area contributed by atoms with E-state index in [4.69, 9.17) is 10.5 Å². The Morgan fingerprint density at radius 1 is 1.56 bits per heavy atom. The quantitative estimate of drug-likeness (QED) is 0.864. The zero-order valence-corrected chi connectivity index (χ0v) is 11.1. The van der Waals surface area contributed by atoms with E-state index in [1.54, 1.807) is 26.2 Å². The number of carbonyl (C=O) groups is 1. The monoisotopic (exact) mass is 286 g/mol. The number of nitrogens with zero attached hydrogens (tertiary/aromatic N) is 1. The number of carbonyl (C=O) groups excluding carboxylic acids is 1. The van der Waals surface area contributed by atoms with E-state index in [-0.39, 0.29) is 5.97 Å². The minimum Gasteiger partial charge on any atom is -0.469 e. The van der Waals surface area contributed by atoms with Gasteiger partial charge in [0.1, 0.15) is 0 Å². The molecule has 0 aliphatic carbocycles. The van der Waals surface area contributed by atoms with E-state index >= 15 is 0 Å². The van der Waals surface area contributed by atoms with Gasteiger partial charge in [0.05, 0.1) is 12.5 Å². The van der Waals surface area contributed by atoms with Crippen molar-refractivity contribution < 1.29 is 9.53 Å². The first-order valence-corrected chi connectivity index (χ1v) is 5.63. The van der Waals surface area contributed by atoms with Crippen LogP contribution in [0.2, 0.25) is 0 Å². The Balaban J connectivity index is 3.01. The lowest BCUT2D eigenvalue weighted by Gasteiger charge is -2.28. The molecule has 1 aromatic rings. The van der Waals surface area contributed by atoms with Crippen molar-refractivity contribution in [1.29, 1.82) is 0 Å². The van der Waals surface area contributed by atoms with Gasteiger partial charge in [-0.3, -0.25) is 9.78 Å². The second-order valence-corrected chi connectivity index (χ2v) is 5.04. The molecule has 0 radical (unpaired) electrons. The van der Waals surface area contributed by atoms with Crippen LogP contribution in [0.15, 0.2) is 22.9 Å². The Morgan fingerprint density at radius 2 is 2.19 bits per heavy atom. The molecule has 0 aliphatic heterocycles. The van der Waals surface area contributed by atoms with Crippen LogP contribution >= 0.6 is 15.9 Å². The van der Waals surface area contributed by atoms with E-state index in [2.05, 4.69) is 20.9 Å². The van der Waals surface area contributed by atoms with Crippen molar-refractivity contribution in [2.75, 3.05) is 7.11 Å². The SMILES string of the molecule is COC(=O)C(C)(C)[C@@H](N)c1cncc(Br)c1. The fourth-order valence-corrected chi connectivity index (χ4v) is 1.79. The van der Waals surface area contributed by atoms with Crippen LogP contribution in [0.1, 0.15) is 25.5 Å². The largest absolute Gasteiger partial charge is 0.469 e. The fraction of sp³-hybridized carbons (Fsp3) is 0.455. The van der Waals surface area contributed by atoms with Crippen LogP contribution in [-0.2, 0) is 9.53 Å². The van der Waals surface area contributed by atoms with Gasteiger partial charge in [0.2, 0.25) is 0 Å². The van der Waals surface area contributed by atoms with Gasteiger partial charge in [-0.25, -0.2) is 0 Å². The van der Waals surface area contributed by atoms with Gasteiger partial charge in [0.25, 0.3) is 0 Å². The number of hydrogen-bond acceptors (Lipinski definition) is 4. The summed E-state index contributed by atoms with van der Waals surface area (Å²) in [6.45, 7) is 3.51. The van der Waals surface area contributed by atoms with Gasteiger partial charge >= 0.3 is 5.97 Å². The number of hydrogen-bond donors (Lipinski definition) is 1. The van der Waals surface area contributed by atoms with Crippen molar-refractivity contribution >= 4 is 21.9 Å². The highest BCUT2D eigenvalue weighted by atomic mass is 79.9. The molecule has 1 atom stereocenters. The summed E-state index contributed by atoms with van der Waals surface area (Å²) in [5.41, 5.74) is 6.07. The van der Waals surface area contributed by atoms with E-state index in [0.29, 0.717) is 0 Å². The third kappa shape index (κ3) is 2.59. The molecule has 0 amide bonds. The number of rotatable bonds is 3. The van der Waals surface area contributed by atoms with Gasteiger partial charge < -0.3 is 10.5 Å². The van der Waals surface area contributed by atoms with Crippen molar-refractivity contribution in [1.82, 2.24) is 4.98 Å². The van der Waals surface area contributed by atoms with Crippen LogP contribution in [0.5, 0.6) is 0 Å². The first-order chi connectivity index (χ1) is 7.39. The molecule has 1 rings (SSSR count). The third-order valence-corrected chi connectivity index (χ3v) is 3.01. The second kappa shape index (κ2) is 4.93. The molecule has 1 aromatic heterocycles. The molecule has 88 valence electrons. The minimum atomic E-state index is -0.781. The zero-order valence-electron chi connectivity index (χ0n) is 9.53. The lowest BCUT2D eigenvalue weighted by atomic mass is 9.81. The summed E-state index contributed by atoms with van der Waals surface area (Å²) in [6.07, 6.45) is 3.32. The van der Waals surface area contributed by atoms with Gasteiger partial charge in [-0.15, -0.1) is 0 Å². The van der Waals surface area contributed by atoms with Crippen LogP contribution in [0, 0.1) is 5.41 Å². The number of halogens is 1. The summed E-state index contributed by atoms with van der Waals surface area (Å²) >= 11 is 3.32. The third-order valence-electron chi connectivity index (χ3n) is 2.57. The van der Waals surface area contributed by atoms with Crippen LogP contribution in [0.4, 0.5) is 0 Å². The van der Waals surface area contributed by atoms with E-state index < -0.39 is 11.5 Å². The predicted octanol–water partition coefficient (Wildman–Crippen LogP) is 2.04. The smallest absolute Gasteiger partial charge is 0.313 e. The highest BCUT2D eigenvalue weighted by Gasteiger charge is 2.36. The summed E-state index contributed by atoms with van der Waals surface area (Å²) in [7, 11) is 1.36. The van der Waals surface area contributed by atoms with Gasteiger partial charge in [0.15, 0.2) is 0 Å². The zero-order chi connectivity index (χ0) is 12.3. The Kier molecular flexibility index (Phi) is 4.04. The number of pyridine rings is 1. The summed E-state index contributed by atoms with van der Waals surface area (Å²) in [4.78, 5) is 15.6. The van der Waals surface area contributed by atoms with Crippen LogP contribution in [-0.4, -0.2) is 18.1 Å². The first kappa shape index (κ1) is 13.1. The topological polar surface area (TPSA) is 65.2 Å². The molecular weight excluding hydrogens is 272 g/mol. The number of aromatic nitrogens is 1. The van der Waals surface area contributed by atoms with E-state index in [1.165, 1.54) is 7.11 Å². The van der Waals surface area contributed by atoms with Crippen molar-refractivity contribution in [2.45, 2.75) is 19.9 Å². The lowest BCUT2D eigenvalue weighted by Crippen LogP contribution is -2.37. The molecule has 16 heavy (non-hydrogen) atoms. The van der Waals surface area contributed by atoms with Gasteiger partial charge in [-0.1, -0.05) is 0 Å². The summed E-state index contributed by atoms with van der Waals surface area (Å²) in [5.74, 6) is -0.333. The molecule has 2 N–H and O–H groups in total. The molecule has 4 nitrogen and oxygen atoms in total. The van der Waals surface area contributed by atoms with E-state index in [1.807, 2.05) is 6.07 Å². The molecule has 0 unspecified atom stereocenters. The number of esters is 1. The normalized spacial score (nSPS) is 13.3.